The van der Waals surface area contributed by atoms with Crippen LogP contribution in [0, 0.1) is 0 Å². The van der Waals surface area contributed by atoms with Gasteiger partial charge in [-0.1, -0.05) is 35.3 Å². The van der Waals surface area contributed by atoms with Crippen molar-refractivity contribution >= 4 is 34.8 Å². The number of halogens is 2. The number of nitrogens with one attached hydrogen (secondary N) is 1. The highest BCUT2D eigenvalue weighted by molar-refractivity contribution is 6.34. The molecular formula is C16H15Cl2N5O. The van der Waals surface area contributed by atoms with Crippen LogP contribution in [-0.2, 0) is 13.1 Å². The van der Waals surface area contributed by atoms with Gasteiger partial charge in [-0.2, -0.15) is 10.2 Å². The predicted molar refractivity (Wildman–Crippen MR) is 93.6 cm³/mol. The van der Waals surface area contributed by atoms with Crippen molar-refractivity contribution in [3.8, 4) is 0 Å². The van der Waals surface area contributed by atoms with Gasteiger partial charge in [0.1, 0.15) is 5.69 Å². The SMILES string of the molecule is CCn1ncc(Cl)c1C(=O)Nc1cnn(Cc2cccc(Cl)c2)c1. The van der Waals surface area contributed by atoms with Gasteiger partial charge in [0.25, 0.3) is 5.91 Å². The van der Waals surface area contributed by atoms with E-state index in [0.29, 0.717) is 34.5 Å². The maximum atomic E-state index is 12.4. The highest BCUT2D eigenvalue weighted by Gasteiger charge is 2.17. The molecule has 124 valence electrons. The van der Waals surface area contributed by atoms with E-state index in [4.69, 9.17) is 23.2 Å². The predicted octanol–water partition coefficient (Wildman–Crippen LogP) is 3.71. The fraction of sp³-hybridized carbons (Fsp3) is 0.188. The summed E-state index contributed by atoms with van der Waals surface area (Å²) in [4.78, 5) is 12.4. The largest absolute Gasteiger partial charge is 0.318 e. The van der Waals surface area contributed by atoms with Crippen LogP contribution in [0.15, 0.2) is 42.9 Å². The Bertz CT molecular complexity index is 871. The van der Waals surface area contributed by atoms with Gasteiger partial charge in [0.05, 0.1) is 29.6 Å². The number of hydrogen-bond acceptors (Lipinski definition) is 3. The van der Waals surface area contributed by atoms with E-state index in [-0.39, 0.29) is 5.91 Å². The van der Waals surface area contributed by atoms with Gasteiger partial charge in [0, 0.05) is 17.8 Å². The number of nitrogens with zero attached hydrogens (tertiary/aromatic N) is 4. The molecule has 24 heavy (non-hydrogen) atoms. The molecule has 0 spiro atoms. The van der Waals surface area contributed by atoms with E-state index in [1.807, 2.05) is 31.2 Å². The van der Waals surface area contributed by atoms with Gasteiger partial charge in [0.2, 0.25) is 0 Å². The summed E-state index contributed by atoms with van der Waals surface area (Å²) in [5, 5.41) is 12.1. The van der Waals surface area contributed by atoms with Crippen LogP contribution in [0.25, 0.3) is 0 Å². The van der Waals surface area contributed by atoms with Crippen molar-refractivity contribution in [2.24, 2.45) is 0 Å². The summed E-state index contributed by atoms with van der Waals surface area (Å²) in [7, 11) is 0. The third-order valence-electron chi connectivity index (χ3n) is 3.43. The standard InChI is InChI=1S/C16H15Cl2N5O/c1-2-23-15(14(18)8-20-23)16(24)21-13-7-19-22(10-13)9-11-4-3-5-12(17)6-11/h3-8,10H,2,9H2,1H3,(H,21,24). The first-order valence-corrected chi connectivity index (χ1v) is 8.12. The van der Waals surface area contributed by atoms with Gasteiger partial charge in [-0.15, -0.1) is 0 Å². The number of amides is 1. The van der Waals surface area contributed by atoms with Crippen LogP contribution < -0.4 is 5.32 Å². The average molecular weight is 364 g/mol. The second kappa shape index (κ2) is 7.07. The molecule has 2 heterocycles. The Morgan fingerprint density at radius 2 is 2.08 bits per heavy atom. The molecule has 0 aliphatic heterocycles. The zero-order chi connectivity index (χ0) is 17.1. The molecule has 6 nitrogen and oxygen atoms in total. The lowest BCUT2D eigenvalue weighted by Crippen LogP contribution is -2.17. The Balaban J connectivity index is 1.72. The van der Waals surface area contributed by atoms with Gasteiger partial charge < -0.3 is 5.32 Å². The number of rotatable bonds is 5. The van der Waals surface area contributed by atoms with Gasteiger partial charge in [0.15, 0.2) is 0 Å². The fourth-order valence-corrected chi connectivity index (χ4v) is 2.80. The normalized spacial score (nSPS) is 10.8. The van der Waals surface area contributed by atoms with E-state index in [2.05, 4.69) is 15.5 Å². The summed E-state index contributed by atoms with van der Waals surface area (Å²) in [6, 6.07) is 7.55. The zero-order valence-electron chi connectivity index (χ0n) is 12.9. The summed E-state index contributed by atoms with van der Waals surface area (Å²) in [5.41, 5.74) is 1.94. The number of benzene rings is 1. The average Bonchev–Trinajstić information content (AvgIpc) is 3.13. The van der Waals surface area contributed by atoms with Gasteiger partial charge >= 0.3 is 0 Å². The lowest BCUT2D eigenvalue weighted by molar-refractivity contribution is 0.101. The molecule has 0 aliphatic rings. The van der Waals surface area contributed by atoms with Crippen LogP contribution in [0.4, 0.5) is 5.69 Å². The molecule has 3 aromatic rings. The van der Waals surface area contributed by atoms with Crippen LogP contribution in [0.3, 0.4) is 0 Å². The second-order valence-electron chi connectivity index (χ2n) is 5.17. The molecule has 0 atom stereocenters. The minimum atomic E-state index is -0.318. The van der Waals surface area contributed by atoms with E-state index in [1.165, 1.54) is 6.20 Å². The van der Waals surface area contributed by atoms with E-state index >= 15 is 0 Å². The molecule has 0 unspecified atom stereocenters. The maximum Gasteiger partial charge on any atom is 0.275 e. The topological polar surface area (TPSA) is 64.7 Å². The number of anilines is 1. The quantitative estimate of drug-likeness (QED) is 0.751. The number of hydrogen-bond donors (Lipinski definition) is 1. The summed E-state index contributed by atoms with van der Waals surface area (Å²) in [6.07, 6.45) is 4.80. The van der Waals surface area contributed by atoms with Crippen LogP contribution in [0.1, 0.15) is 23.0 Å². The van der Waals surface area contributed by atoms with E-state index in [9.17, 15) is 4.79 Å². The van der Waals surface area contributed by atoms with Crippen LogP contribution >= 0.6 is 23.2 Å². The lowest BCUT2D eigenvalue weighted by atomic mass is 10.2. The first-order valence-electron chi connectivity index (χ1n) is 7.36. The minimum Gasteiger partial charge on any atom is -0.318 e. The first-order chi connectivity index (χ1) is 11.6. The number of aryl methyl sites for hydroxylation is 1. The molecule has 2 aromatic heterocycles. The molecule has 3 rings (SSSR count). The third kappa shape index (κ3) is 3.60. The van der Waals surface area contributed by atoms with Gasteiger partial charge in [-0.05, 0) is 24.6 Å². The summed E-state index contributed by atoms with van der Waals surface area (Å²) < 4.78 is 3.27. The van der Waals surface area contributed by atoms with Crippen molar-refractivity contribution in [3.63, 3.8) is 0 Å². The highest BCUT2D eigenvalue weighted by atomic mass is 35.5. The number of carbonyl (C=O) groups excluding carboxylic acids is 1. The van der Waals surface area contributed by atoms with Crippen LogP contribution in [0.2, 0.25) is 10.0 Å². The van der Waals surface area contributed by atoms with Crippen molar-refractivity contribution in [1.29, 1.82) is 0 Å². The molecule has 0 saturated heterocycles. The van der Waals surface area contributed by atoms with E-state index < -0.39 is 0 Å². The smallest absolute Gasteiger partial charge is 0.275 e. The van der Waals surface area contributed by atoms with Crippen molar-refractivity contribution in [2.75, 3.05) is 5.32 Å². The maximum absolute atomic E-state index is 12.4. The molecule has 1 N–H and O–H groups in total. The molecule has 1 aromatic carbocycles. The fourth-order valence-electron chi connectivity index (χ4n) is 2.36. The lowest BCUT2D eigenvalue weighted by Gasteiger charge is -2.05. The second-order valence-corrected chi connectivity index (χ2v) is 6.01. The van der Waals surface area contributed by atoms with E-state index in [0.717, 1.165) is 5.56 Å². The zero-order valence-corrected chi connectivity index (χ0v) is 14.4. The molecule has 1 amide bonds. The van der Waals surface area contributed by atoms with Gasteiger partial charge in [-0.25, -0.2) is 0 Å². The Morgan fingerprint density at radius 1 is 1.25 bits per heavy atom. The molecule has 8 heteroatoms. The number of carbonyl (C=O) groups is 1. The van der Waals surface area contributed by atoms with Crippen molar-refractivity contribution in [1.82, 2.24) is 19.6 Å². The Hall–Kier alpha value is -2.31. The molecule has 0 bridgehead atoms. The van der Waals surface area contributed by atoms with Crippen molar-refractivity contribution in [2.45, 2.75) is 20.0 Å². The van der Waals surface area contributed by atoms with Crippen LogP contribution in [-0.4, -0.2) is 25.5 Å². The minimum absolute atomic E-state index is 0.318. The van der Waals surface area contributed by atoms with E-state index in [1.54, 1.807) is 21.8 Å². The molecule has 0 saturated carbocycles. The molecule has 0 radical (unpaired) electrons. The Kier molecular flexibility index (Phi) is 4.87. The first kappa shape index (κ1) is 16.5. The van der Waals surface area contributed by atoms with Crippen molar-refractivity contribution in [3.05, 3.63) is 64.2 Å². The van der Waals surface area contributed by atoms with Crippen molar-refractivity contribution < 1.29 is 4.79 Å². The summed E-state index contributed by atoms with van der Waals surface area (Å²) in [6.45, 7) is 3.01. The number of aromatic nitrogens is 4. The third-order valence-corrected chi connectivity index (χ3v) is 3.95. The molecule has 0 fully saturated rings. The molecular weight excluding hydrogens is 349 g/mol. The van der Waals surface area contributed by atoms with Crippen LogP contribution in [0.5, 0.6) is 0 Å². The summed E-state index contributed by atoms with van der Waals surface area (Å²) >= 11 is 12.0. The highest BCUT2D eigenvalue weighted by Crippen LogP contribution is 2.18. The molecule has 0 aliphatic carbocycles. The Labute approximate surface area is 149 Å². The monoisotopic (exact) mass is 363 g/mol. The summed E-state index contributed by atoms with van der Waals surface area (Å²) in [5.74, 6) is -0.318. The van der Waals surface area contributed by atoms with Gasteiger partial charge in [-0.3, -0.25) is 14.2 Å². The Morgan fingerprint density at radius 3 is 2.83 bits per heavy atom.